The maximum absolute atomic E-state index is 9.45. The first-order chi connectivity index (χ1) is 12.2. The van der Waals surface area contributed by atoms with Crippen LogP contribution >= 0.6 is 11.8 Å². The van der Waals surface area contributed by atoms with E-state index in [1.807, 2.05) is 0 Å². The molecule has 2 nitrogen and oxygen atoms in total. The van der Waals surface area contributed by atoms with Crippen LogP contribution < -0.4 is 0 Å². The summed E-state index contributed by atoms with van der Waals surface area (Å²) in [5.41, 5.74) is 1.33. The van der Waals surface area contributed by atoms with E-state index in [0.29, 0.717) is 11.7 Å². The minimum Gasteiger partial charge on any atom is -0.508 e. The van der Waals surface area contributed by atoms with E-state index >= 15 is 0 Å². The summed E-state index contributed by atoms with van der Waals surface area (Å²) >= 11 is 2.08. The Morgan fingerprint density at radius 3 is 2.28 bits per heavy atom. The van der Waals surface area contributed by atoms with Crippen molar-refractivity contribution in [1.29, 1.82) is 0 Å². The third kappa shape index (κ3) is 4.04. The second-order valence-corrected chi connectivity index (χ2v) is 9.13. The van der Waals surface area contributed by atoms with Gasteiger partial charge in [-0.2, -0.15) is 0 Å². The van der Waals surface area contributed by atoms with E-state index in [-0.39, 0.29) is 0 Å². The molecule has 1 saturated carbocycles. The molecule has 1 heterocycles. The van der Waals surface area contributed by atoms with Crippen LogP contribution in [0.1, 0.15) is 31.2 Å². The predicted molar refractivity (Wildman–Crippen MR) is 105 cm³/mol. The van der Waals surface area contributed by atoms with E-state index in [4.69, 9.17) is 0 Å². The molecule has 0 bridgehead atoms. The summed E-state index contributed by atoms with van der Waals surface area (Å²) in [6.07, 6.45) is 2.74. The van der Waals surface area contributed by atoms with Gasteiger partial charge in [-0.25, -0.2) is 0 Å². The van der Waals surface area contributed by atoms with Crippen molar-refractivity contribution in [3.63, 3.8) is 0 Å². The Bertz CT molecular complexity index is 673. The molecule has 1 aliphatic carbocycles. The number of likely N-dealkylation sites (tertiary alicyclic amines) is 1. The van der Waals surface area contributed by atoms with Crippen molar-refractivity contribution < 1.29 is 5.11 Å². The van der Waals surface area contributed by atoms with E-state index in [1.54, 1.807) is 12.1 Å². The number of phenols is 1. The van der Waals surface area contributed by atoms with Crippen LogP contribution in [0.25, 0.3) is 0 Å². The SMILES string of the molecule is CC(CN1C[C@H]2C[C@H](Sc3ccccc3)C[C@H]2C1)c1ccc(O)cc1. The van der Waals surface area contributed by atoms with E-state index in [2.05, 4.69) is 66.1 Å². The minimum atomic E-state index is 0.355. The predicted octanol–water partition coefficient (Wildman–Crippen LogP) is 5.00. The Balaban J connectivity index is 1.28. The van der Waals surface area contributed by atoms with Gasteiger partial charge in [-0.3, -0.25) is 0 Å². The summed E-state index contributed by atoms with van der Waals surface area (Å²) in [7, 11) is 0. The van der Waals surface area contributed by atoms with Gasteiger partial charge in [0.05, 0.1) is 0 Å². The van der Waals surface area contributed by atoms with Gasteiger partial charge in [0.25, 0.3) is 0 Å². The molecule has 1 aliphatic heterocycles. The molecule has 2 aromatic carbocycles. The fraction of sp³-hybridized carbons (Fsp3) is 0.455. The van der Waals surface area contributed by atoms with Gasteiger partial charge >= 0.3 is 0 Å². The highest BCUT2D eigenvalue weighted by molar-refractivity contribution is 8.00. The molecule has 0 radical (unpaired) electrons. The Morgan fingerprint density at radius 1 is 1.00 bits per heavy atom. The molecule has 0 spiro atoms. The molecule has 0 aromatic heterocycles. The van der Waals surface area contributed by atoms with Crippen LogP contribution in [-0.4, -0.2) is 34.9 Å². The number of hydrogen-bond donors (Lipinski definition) is 1. The van der Waals surface area contributed by atoms with Gasteiger partial charge in [-0.1, -0.05) is 37.3 Å². The average molecular weight is 354 g/mol. The van der Waals surface area contributed by atoms with Crippen LogP contribution in [0.3, 0.4) is 0 Å². The largest absolute Gasteiger partial charge is 0.508 e. The summed E-state index contributed by atoms with van der Waals surface area (Å²) in [6, 6.07) is 18.6. The monoisotopic (exact) mass is 353 g/mol. The normalized spacial score (nSPS) is 27.3. The van der Waals surface area contributed by atoms with Crippen LogP contribution in [0, 0.1) is 11.8 Å². The van der Waals surface area contributed by atoms with Gasteiger partial charge in [0, 0.05) is 29.8 Å². The molecule has 25 heavy (non-hydrogen) atoms. The van der Waals surface area contributed by atoms with Gasteiger partial charge in [-0.15, -0.1) is 11.8 Å². The molecule has 1 unspecified atom stereocenters. The second-order valence-electron chi connectivity index (χ2n) is 7.76. The smallest absolute Gasteiger partial charge is 0.115 e. The first-order valence-electron chi connectivity index (χ1n) is 9.40. The number of aromatic hydroxyl groups is 1. The number of fused-ring (bicyclic) bond motifs is 1. The van der Waals surface area contributed by atoms with E-state index < -0.39 is 0 Å². The zero-order chi connectivity index (χ0) is 17.2. The summed E-state index contributed by atoms with van der Waals surface area (Å²) in [5.74, 6) is 2.64. The van der Waals surface area contributed by atoms with Crippen LogP contribution in [0.15, 0.2) is 59.5 Å². The van der Waals surface area contributed by atoms with E-state index in [0.717, 1.165) is 23.6 Å². The molecule has 4 atom stereocenters. The Hall–Kier alpha value is -1.45. The van der Waals surface area contributed by atoms with Gasteiger partial charge in [0.15, 0.2) is 0 Å². The second kappa shape index (κ2) is 7.43. The maximum atomic E-state index is 9.45. The number of thioether (sulfide) groups is 1. The zero-order valence-corrected chi connectivity index (χ0v) is 15.7. The fourth-order valence-electron chi connectivity index (χ4n) is 4.57. The molecular formula is C22H27NOS. The third-order valence-electron chi connectivity index (χ3n) is 5.82. The van der Waals surface area contributed by atoms with E-state index in [1.165, 1.54) is 36.4 Å². The molecule has 132 valence electrons. The summed E-state index contributed by atoms with van der Waals surface area (Å²) < 4.78 is 0. The highest BCUT2D eigenvalue weighted by atomic mass is 32.2. The molecule has 4 rings (SSSR count). The Labute approximate surface area is 155 Å². The van der Waals surface area contributed by atoms with Crippen LogP contribution in [0.2, 0.25) is 0 Å². The highest BCUT2D eigenvalue weighted by Crippen LogP contribution is 2.45. The first-order valence-corrected chi connectivity index (χ1v) is 10.3. The molecule has 2 aliphatic rings. The van der Waals surface area contributed by atoms with Gasteiger partial charge in [0.1, 0.15) is 5.75 Å². The topological polar surface area (TPSA) is 23.5 Å². The third-order valence-corrected chi connectivity index (χ3v) is 7.09. The van der Waals surface area contributed by atoms with Crippen molar-refractivity contribution in [3.05, 3.63) is 60.2 Å². The highest BCUT2D eigenvalue weighted by Gasteiger charge is 2.41. The number of hydrogen-bond acceptors (Lipinski definition) is 3. The van der Waals surface area contributed by atoms with E-state index in [9.17, 15) is 5.11 Å². The standard InChI is InChI=1S/C22H27NOS/c1-16(17-7-9-20(24)10-8-17)13-23-14-18-11-22(12-19(18)15-23)25-21-5-3-2-4-6-21/h2-10,16,18-19,22,24H,11-15H2,1H3/t16?,18-,19+,22+. The van der Waals surface area contributed by atoms with Crippen molar-refractivity contribution in [2.75, 3.05) is 19.6 Å². The Morgan fingerprint density at radius 2 is 1.64 bits per heavy atom. The summed E-state index contributed by atoms with van der Waals surface area (Å²) in [5, 5.41) is 10.2. The molecule has 2 aromatic rings. The quantitative estimate of drug-likeness (QED) is 0.818. The average Bonchev–Trinajstić information content (AvgIpc) is 3.14. The lowest BCUT2D eigenvalue weighted by atomic mass is 10.0. The number of benzene rings is 2. The molecule has 1 N–H and O–H groups in total. The van der Waals surface area contributed by atoms with Gasteiger partial charge in [-0.05, 0) is 60.4 Å². The maximum Gasteiger partial charge on any atom is 0.115 e. The number of phenolic OH excluding ortho intramolecular Hbond substituents is 1. The number of nitrogens with zero attached hydrogens (tertiary/aromatic N) is 1. The Kier molecular flexibility index (Phi) is 5.05. The first kappa shape index (κ1) is 17.0. The van der Waals surface area contributed by atoms with Gasteiger partial charge < -0.3 is 10.0 Å². The molecule has 3 heteroatoms. The summed E-state index contributed by atoms with van der Waals surface area (Å²) in [4.78, 5) is 4.08. The van der Waals surface area contributed by atoms with Crippen LogP contribution in [-0.2, 0) is 0 Å². The lowest BCUT2D eigenvalue weighted by Gasteiger charge is -2.23. The summed E-state index contributed by atoms with van der Waals surface area (Å²) in [6.45, 7) is 5.96. The van der Waals surface area contributed by atoms with Crippen molar-refractivity contribution in [2.45, 2.75) is 35.8 Å². The van der Waals surface area contributed by atoms with Crippen LogP contribution in [0.5, 0.6) is 5.75 Å². The molecule has 0 amide bonds. The molecular weight excluding hydrogens is 326 g/mol. The minimum absolute atomic E-state index is 0.355. The zero-order valence-electron chi connectivity index (χ0n) is 14.8. The lowest BCUT2D eigenvalue weighted by Crippen LogP contribution is -2.27. The van der Waals surface area contributed by atoms with Crippen molar-refractivity contribution in [3.8, 4) is 5.75 Å². The van der Waals surface area contributed by atoms with Crippen LogP contribution in [0.4, 0.5) is 0 Å². The molecule has 1 saturated heterocycles. The van der Waals surface area contributed by atoms with Gasteiger partial charge in [0.2, 0.25) is 0 Å². The fourth-order valence-corrected chi connectivity index (χ4v) is 5.96. The lowest BCUT2D eigenvalue weighted by molar-refractivity contribution is 0.296. The van der Waals surface area contributed by atoms with Crippen molar-refractivity contribution >= 4 is 11.8 Å². The van der Waals surface area contributed by atoms with Crippen molar-refractivity contribution in [1.82, 2.24) is 4.90 Å². The number of rotatable bonds is 5. The van der Waals surface area contributed by atoms with Crippen molar-refractivity contribution in [2.24, 2.45) is 11.8 Å². The molecule has 2 fully saturated rings.